The summed E-state index contributed by atoms with van der Waals surface area (Å²) >= 11 is 0. The van der Waals surface area contributed by atoms with Gasteiger partial charge in [-0.25, -0.2) is 4.98 Å². The first-order valence-corrected chi connectivity index (χ1v) is 11.2. The van der Waals surface area contributed by atoms with Crippen LogP contribution in [0.1, 0.15) is 17.0 Å². The number of hydrogen-bond donors (Lipinski definition) is 1. The molecule has 1 aliphatic rings. The third-order valence-corrected chi connectivity index (χ3v) is 6.10. The van der Waals surface area contributed by atoms with E-state index in [0.29, 0.717) is 39.4 Å². The zero-order chi connectivity index (χ0) is 24.6. The van der Waals surface area contributed by atoms with E-state index in [-0.39, 0.29) is 11.3 Å². The van der Waals surface area contributed by atoms with Crippen molar-refractivity contribution in [2.45, 2.75) is 0 Å². The Morgan fingerprint density at radius 1 is 0.972 bits per heavy atom. The SMILES string of the molecule is COc1cccc(/C=N/N=C2/c3cc(-c4ccncc4)ccc3-n3c2nc2ccccc2c3=O)c1O. The molecular formula is C28H19N5O3. The van der Waals surface area contributed by atoms with Gasteiger partial charge in [-0.3, -0.25) is 14.3 Å². The van der Waals surface area contributed by atoms with Gasteiger partial charge in [0.2, 0.25) is 0 Å². The van der Waals surface area contributed by atoms with E-state index in [1.165, 1.54) is 13.3 Å². The van der Waals surface area contributed by atoms with E-state index in [0.717, 1.165) is 16.7 Å². The molecule has 0 aliphatic carbocycles. The molecule has 1 N–H and O–H groups in total. The molecule has 174 valence electrons. The van der Waals surface area contributed by atoms with Crippen LogP contribution in [0.4, 0.5) is 0 Å². The highest BCUT2D eigenvalue weighted by atomic mass is 16.5. The molecule has 0 saturated heterocycles. The standard InChI is InChI=1S/C28H19N5O3/c1-36-24-8-4-5-19(26(24)34)16-30-32-25-21-15-18(17-11-13-29-14-12-17)9-10-23(21)33-27(25)31-22-7-3-2-6-20(22)28(33)35/h2-16,34H,1H3/b30-16+,32-25-. The number of methoxy groups -OCH3 is 1. The smallest absolute Gasteiger partial charge is 0.266 e. The van der Waals surface area contributed by atoms with E-state index in [2.05, 4.69) is 15.2 Å². The third-order valence-electron chi connectivity index (χ3n) is 6.10. The molecule has 36 heavy (non-hydrogen) atoms. The Labute approximate surface area is 205 Å². The van der Waals surface area contributed by atoms with Crippen LogP contribution >= 0.6 is 0 Å². The number of phenolic OH excluding ortho intramolecular Hbond substituents is 1. The van der Waals surface area contributed by atoms with Gasteiger partial charge in [0, 0.05) is 23.5 Å². The van der Waals surface area contributed by atoms with Crippen LogP contribution in [0.2, 0.25) is 0 Å². The summed E-state index contributed by atoms with van der Waals surface area (Å²) in [6.45, 7) is 0. The molecule has 0 radical (unpaired) electrons. The first kappa shape index (κ1) is 21.4. The number of ether oxygens (including phenoxy) is 1. The molecule has 0 unspecified atom stereocenters. The number of rotatable bonds is 4. The lowest BCUT2D eigenvalue weighted by atomic mass is 10.0. The Bertz CT molecular complexity index is 1760. The normalized spacial score (nSPS) is 13.3. The van der Waals surface area contributed by atoms with Crippen molar-refractivity contribution in [3.63, 3.8) is 0 Å². The second-order valence-corrected chi connectivity index (χ2v) is 8.15. The summed E-state index contributed by atoms with van der Waals surface area (Å²) in [6.07, 6.45) is 4.91. The minimum absolute atomic E-state index is 0.0310. The van der Waals surface area contributed by atoms with Crippen LogP contribution in [-0.2, 0) is 0 Å². The molecule has 0 spiro atoms. The van der Waals surface area contributed by atoms with Crippen LogP contribution < -0.4 is 10.3 Å². The zero-order valence-electron chi connectivity index (χ0n) is 19.2. The molecule has 8 nitrogen and oxygen atoms in total. The average Bonchev–Trinajstić information content (AvgIpc) is 3.23. The summed E-state index contributed by atoms with van der Waals surface area (Å²) in [5.74, 6) is 0.717. The first-order chi connectivity index (χ1) is 17.7. The number of benzene rings is 3. The number of pyridine rings is 1. The number of aromatic hydroxyl groups is 1. The fraction of sp³-hybridized carbons (Fsp3) is 0.0357. The highest BCUT2D eigenvalue weighted by Gasteiger charge is 2.29. The van der Waals surface area contributed by atoms with Gasteiger partial charge in [-0.05, 0) is 59.7 Å². The molecule has 0 saturated carbocycles. The highest BCUT2D eigenvalue weighted by molar-refractivity contribution is 6.17. The quantitative estimate of drug-likeness (QED) is 0.303. The van der Waals surface area contributed by atoms with Crippen molar-refractivity contribution in [2.24, 2.45) is 10.2 Å². The summed E-state index contributed by atoms with van der Waals surface area (Å²) in [7, 11) is 1.48. The van der Waals surface area contributed by atoms with Gasteiger partial charge in [0.05, 0.1) is 29.9 Å². The Hall–Kier alpha value is -5.11. The van der Waals surface area contributed by atoms with E-state index in [9.17, 15) is 9.90 Å². The molecule has 1 aliphatic heterocycles. The van der Waals surface area contributed by atoms with Crippen molar-refractivity contribution in [1.82, 2.24) is 14.5 Å². The van der Waals surface area contributed by atoms with Crippen molar-refractivity contribution in [3.8, 4) is 28.3 Å². The van der Waals surface area contributed by atoms with Crippen LogP contribution in [-0.4, -0.2) is 38.7 Å². The van der Waals surface area contributed by atoms with E-state index in [4.69, 9.17) is 9.72 Å². The predicted molar refractivity (Wildman–Crippen MR) is 138 cm³/mol. The maximum absolute atomic E-state index is 13.5. The molecule has 0 fully saturated rings. The topological polar surface area (TPSA) is 102 Å². The Morgan fingerprint density at radius 2 is 1.81 bits per heavy atom. The summed E-state index contributed by atoms with van der Waals surface area (Å²) in [6, 6.07) is 22.0. The lowest BCUT2D eigenvalue weighted by Gasteiger charge is -2.07. The van der Waals surface area contributed by atoms with Gasteiger partial charge in [0.15, 0.2) is 17.3 Å². The van der Waals surface area contributed by atoms with Crippen LogP contribution in [0.3, 0.4) is 0 Å². The number of fused-ring (bicyclic) bond motifs is 4. The molecule has 0 atom stereocenters. The maximum atomic E-state index is 13.5. The van der Waals surface area contributed by atoms with E-state index in [1.807, 2.05) is 42.5 Å². The van der Waals surface area contributed by atoms with Crippen LogP contribution in [0.25, 0.3) is 27.7 Å². The van der Waals surface area contributed by atoms with Gasteiger partial charge in [-0.2, -0.15) is 5.10 Å². The number of aromatic nitrogens is 3. The van der Waals surface area contributed by atoms with Crippen LogP contribution in [0.5, 0.6) is 11.5 Å². The molecule has 0 bridgehead atoms. The second kappa shape index (κ2) is 8.59. The summed E-state index contributed by atoms with van der Waals surface area (Å²) < 4.78 is 6.74. The Balaban J connectivity index is 1.55. The molecule has 5 aromatic rings. The summed E-state index contributed by atoms with van der Waals surface area (Å²) in [5.41, 5.74) is 4.67. The summed E-state index contributed by atoms with van der Waals surface area (Å²) in [4.78, 5) is 22.3. The minimum Gasteiger partial charge on any atom is -0.504 e. The van der Waals surface area contributed by atoms with Crippen LogP contribution in [0.15, 0.2) is 100 Å². The van der Waals surface area contributed by atoms with Crippen molar-refractivity contribution >= 4 is 22.8 Å². The van der Waals surface area contributed by atoms with E-state index in [1.54, 1.807) is 47.3 Å². The minimum atomic E-state index is -0.173. The van der Waals surface area contributed by atoms with Crippen LogP contribution in [0, 0.1) is 0 Å². The molecule has 8 heteroatoms. The number of hydrogen-bond acceptors (Lipinski definition) is 7. The Kier molecular flexibility index (Phi) is 5.11. The molecule has 3 aromatic carbocycles. The fourth-order valence-electron chi connectivity index (χ4n) is 4.34. The zero-order valence-corrected chi connectivity index (χ0v) is 19.2. The van der Waals surface area contributed by atoms with Gasteiger partial charge in [0.1, 0.15) is 5.71 Å². The van der Waals surface area contributed by atoms with Crippen molar-refractivity contribution in [2.75, 3.05) is 7.11 Å². The van der Waals surface area contributed by atoms with Gasteiger partial charge in [-0.15, -0.1) is 5.10 Å². The first-order valence-electron chi connectivity index (χ1n) is 11.2. The fourth-order valence-corrected chi connectivity index (χ4v) is 4.34. The number of nitrogens with zero attached hydrogens (tertiary/aromatic N) is 5. The maximum Gasteiger partial charge on any atom is 0.266 e. The molecule has 6 rings (SSSR count). The third kappa shape index (κ3) is 3.43. The number of phenols is 1. The molecule has 0 amide bonds. The summed E-state index contributed by atoms with van der Waals surface area (Å²) in [5, 5.41) is 19.6. The lowest BCUT2D eigenvalue weighted by Crippen LogP contribution is -2.21. The Morgan fingerprint density at radius 3 is 2.64 bits per heavy atom. The van der Waals surface area contributed by atoms with E-state index < -0.39 is 0 Å². The van der Waals surface area contributed by atoms with Gasteiger partial charge < -0.3 is 9.84 Å². The van der Waals surface area contributed by atoms with Gasteiger partial charge >= 0.3 is 0 Å². The molecule has 2 aromatic heterocycles. The second-order valence-electron chi connectivity index (χ2n) is 8.15. The van der Waals surface area contributed by atoms with Crippen molar-refractivity contribution in [3.05, 3.63) is 112 Å². The van der Waals surface area contributed by atoms with Crippen molar-refractivity contribution < 1.29 is 9.84 Å². The highest BCUT2D eigenvalue weighted by Crippen LogP contribution is 2.32. The van der Waals surface area contributed by atoms with Gasteiger partial charge in [-0.1, -0.05) is 24.3 Å². The van der Waals surface area contributed by atoms with Gasteiger partial charge in [0.25, 0.3) is 5.56 Å². The predicted octanol–water partition coefficient (Wildman–Crippen LogP) is 4.35. The largest absolute Gasteiger partial charge is 0.504 e. The lowest BCUT2D eigenvalue weighted by molar-refractivity contribution is 0.373. The number of para-hydroxylation sites is 2. The van der Waals surface area contributed by atoms with E-state index >= 15 is 0 Å². The van der Waals surface area contributed by atoms with Crippen molar-refractivity contribution in [1.29, 1.82) is 0 Å². The average molecular weight is 473 g/mol. The monoisotopic (exact) mass is 473 g/mol. The molecular weight excluding hydrogens is 454 g/mol. The molecule has 3 heterocycles.